The number of hydrogen-bond acceptors (Lipinski definition) is 5. The second kappa shape index (κ2) is 9.69. The highest BCUT2D eigenvalue weighted by atomic mass is 79.9. The summed E-state index contributed by atoms with van der Waals surface area (Å²) < 4.78 is 11.7. The van der Waals surface area contributed by atoms with Crippen LogP contribution < -0.4 is 15.4 Å². The summed E-state index contributed by atoms with van der Waals surface area (Å²) in [6.45, 7) is 2.29. The first-order valence-corrected chi connectivity index (χ1v) is 10.0. The van der Waals surface area contributed by atoms with Crippen LogP contribution in [0, 0.1) is 0 Å². The quantitative estimate of drug-likeness (QED) is 0.448. The zero-order valence-corrected chi connectivity index (χ0v) is 18.0. The number of benzene rings is 2. The Kier molecular flexibility index (Phi) is 7.03. The van der Waals surface area contributed by atoms with Crippen LogP contribution in [-0.2, 0) is 6.61 Å². The monoisotopic (exact) mass is 474 g/mol. The van der Waals surface area contributed by atoms with Crippen molar-refractivity contribution < 1.29 is 19.1 Å². The van der Waals surface area contributed by atoms with Gasteiger partial charge in [-0.2, -0.15) is 0 Å². The Balaban J connectivity index is 1.60. The van der Waals surface area contributed by atoms with Crippen molar-refractivity contribution >= 4 is 44.9 Å². The molecule has 0 bridgehead atoms. The summed E-state index contributed by atoms with van der Waals surface area (Å²) in [6, 6.07) is 16.0. The molecule has 3 rings (SSSR count). The molecule has 3 N–H and O–H groups in total. The fourth-order valence-electron chi connectivity index (χ4n) is 2.59. The molecular weight excluding hydrogens is 456 g/mol. The minimum absolute atomic E-state index is 0.140. The highest BCUT2D eigenvalue weighted by Crippen LogP contribution is 2.26. The standard InChI is InChI=1S/C21H19BrN2O4S/c1-2-27-19-9-5-14(11-17(19)22)20(26)24-21(29)23-15-6-3-13(4-7-15)18-10-8-16(12-25)28-18/h3-11,25H,2,12H2,1H3,(H2,23,24,26,29). The van der Waals surface area contributed by atoms with Gasteiger partial charge in [-0.15, -0.1) is 0 Å². The number of halogens is 1. The fourth-order valence-corrected chi connectivity index (χ4v) is 3.29. The third-order valence-electron chi connectivity index (χ3n) is 3.97. The van der Waals surface area contributed by atoms with Gasteiger partial charge in [-0.05, 0) is 89.7 Å². The van der Waals surface area contributed by atoms with Crippen LogP contribution in [0.25, 0.3) is 11.3 Å². The van der Waals surface area contributed by atoms with Crippen molar-refractivity contribution in [1.82, 2.24) is 5.32 Å². The Morgan fingerprint density at radius 1 is 1.17 bits per heavy atom. The molecule has 8 heteroatoms. The predicted molar refractivity (Wildman–Crippen MR) is 119 cm³/mol. The summed E-state index contributed by atoms with van der Waals surface area (Å²) >= 11 is 8.63. The maximum absolute atomic E-state index is 12.4. The SMILES string of the molecule is CCOc1ccc(C(=O)NC(=S)Nc2ccc(-c3ccc(CO)o3)cc2)cc1Br. The van der Waals surface area contributed by atoms with Crippen molar-refractivity contribution in [2.75, 3.05) is 11.9 Å². The maximum atomic E-state index is 12.4. The molecule has 0 saturated carbocycles. The Morgan fingerprint density at radius 2 is 1.93 bits per heavy atom. The first kappa shape index (κ1) is 21.0. The van der Waals surface area contributed by atoms with Crippen molar-refractivity contribution in [3.8, 4) is 17.1 Å². The van der Waals surface area contributed by atoms with Gasteiger partial charge in [-0.3, -0.25) is 10.1 Å². The van der Waals surface area contributed by atoms with Crippen LogP contribution in [0.5, 0.6) is 5.75 Å². The van der Waals surface area contributed by atoms with E-state index in [0.29, 0.717) is 33.9 Å². The molecule has 1 heterocycles. The molecular formula is C21H19BrN2O4S. The van der Waals surface area contributed by atoms with E-state index in [-0.39, 0.29) is 17.6 Å². The lowest BCUT2D eigenvalue weighted by Crippen LogP contribution is -2.34. The molecule has 1 aromatic heterocycles. The predicted octanol–water partition coefficient (Wildman–Crippen LogP) is 4.73. The van der Waals surface area contributed by atoms with Crippen molar-refractivity contribution in [3.63, 3.8) is 0 Å². The number of rotatable bonds is 6. The third-order valence-corrected chi connectivity index (χ3v) is 4.79. The fraction of sp³-hybridized carbons (Fsp3) is 0.143. The van der Waals surface area contributed by atoms with Gasteiger partial charge >= 0.3 is 0 Å². The third kappa shape index (κ3) is 5.44. The zero-order chi connectivity index (χ0) is 20.8. The molecule has 3 aromatic rings. The molecule has 6 nitrogen and oxygen atoms in total. The molecule has 29 heavy (non-hydrogen) atoms. The highest BCUT2D eigenvalue weighted by Gasteiger charge is 2.11. The molecule has 0 fully saturated rings. The van der Waals surface area contributed by atoms with Crippen molar-refractivity contribution in [2.24, 2.45) is 0 Å². The first-order chi connectivity index (χ1) is 14.0. The molecule has 0 aliphatic heterocycles. The second-order valence-electron chi connectivity index (χ2n) is 5.99. The van der Waals surface area contributed by atoms with E-state index in [0.717, 1.165) is 11.3 Å². The number of carbonyl (C=O) groups excluding carboxylic acids is 1. The number of aliphatic hydroxyl groups excluding tert-OH is 1. The lowest BCUT2D eigenvalue weighted by molar-refractivity contribution is 0.0977. The van der Waals surface area contributed by atoms with Gasteiger partial charge in [0.25, 0.3) is 5.91 Å². The number of furan rings is 1. The minimum atomic E-state index is -0.324. The highest BCUT2D eigenvalue weighted by molar-refractivity contribution is 9.10. The van der Waals surface area contributed by atoms with Crippen molar-refractivity contribution in [2.45, 2.75) is 13.5 Å². The van der Waals surface area contributed by atoms with E-state index in [1.54, 1.807) is 30.3 Å². The lowest BCUT2D eigenvalue weighted by atomic mass is 10.1. The number of ether oxygens (including phenoxy) is 1. The molecule has 0 radical (unpaired) electrons. The van der Waals surface area contributed by atoms with E-state index >= 15 is 0 Å². The van der Waals surface area contributed by atoms with Gasteiger partial charge in [0.2, 0.25) is 0 Å². The van der Waals surface area contributed by atoms with E-state index in [2.05, 4.69) is 26.6 Å². The number of hydrogen-bond donors (Lipinski definition) is 3. The Labute approximate surface area is 182 Å². The Morgan fingerprint density at radius 3 is 2.55 bits per heavy atom. The minimum Gasteiger partial charge on any atom is -0.493 e. The number of carbonyl (C=O) groups is 1. The summed E-state index contributed by atoms with van der Waals surface area (Å²) in [6.07, 6.45) is 0. The number of nitrogens with one attached hydrogen (secondary N) is 2. The van der Waals surface area contributed by atoms with Crippen molar-refractivity contribution in [1.29, 1.82) is 0 Å². The van der Waals surface area contributed by atoms with E-state index in [9.17, 15) is 4.79 Å². The van der Waals surface area contributed by atoms with Crippen LogP contribution in [-0.4, -0.2) is 22.7 Å². The molecule has 2 aromatic carbocycles. The van der Waals surface area contributed by atoms with Gasteiger partial charge in [-0.25, -0.2) is 0 Å². The zero-order valence-electron chi connectivity index (χ0n) is 15.6. The molecule has 0 saturated heterocycles. The van der Waals surface area contributed by atoms with Crippen LogP contribution in [0.2, 0.25) is 0 Å². The molecule has 0 aliphatic rings. The van der Waals surface area contributed by atoms with E-state index in [1.807, 2.05) is 31.2 Å². The van der Waals surface area contributed by atoms with Crippen molar-refractivity contribution in [3.05, 3.63) is 70.4 Å². The van der Waals surface area contributed by atoms with Crippen LogP contribution >= 0.6 is 28.1 Å². The lowest BCUT2D eigenvalue weighted by Gasteiger charge is -2.11. The van der Waals surface area contributed by atoms with Gasteiger partial charge in [-0.1, -0.05) is 0 Å². The summed E-state index contributed by atoms with van der Waals surface area (Å²) in [5.41, 5.74) is 2.04. The molecule has 0 unspecified atom stereocenters. The van der Waals surface area contributed by atoms with Crippen LogP contribution in [0.3, 0.4) is 0 Å². The van der Waals surface area contributed by atoms with E-state index in [1.165, 1.54) is 0 Å². The van der Waals surface area contributed by atoms with Gasteiger partial charge < -0.3 is 19.6 Å². The number of anilines is 1. The number of aliphatic hydroxyl groups is 1. The number of amides is 1. The maximum Gasteiger partial charge on any atom is 0.257 e. The normalized spacial score (nSPS) is 10.4. The molecule has 0 aliphatic carbocycles. The Hall–Kier alpha value is -2.68. The number of thiocarbonyl (C=S) groups is 1. The average Bonchev–Trinajstić information content (AvgIpc) is 3.19. The average molecular weight is 475 g/mol. The summed E-state index contributed by atoms with van der Waals surface area (Å²) in [5.74, 6) is 1.52. The smallest absolute Gasteiger partial charge is 0.257 e. The topological polar surface area (TPSA) is 83.7 Å². The summed E-state index contributed by atoms with van der Waals surface area (Å²) in [4.78, 5) is 12.4. The van der Waals surface area contributed by atoms with Gasteiger partial charge in [0.1, 0.15) is 23.9 Å². The van der Waals surface area contributed by atoms with Gasteiger partial charge in [0.15, 0.2) is 5.11 Å². The van der Waals surface area contributed by atoms with E-state index < -0.39 is 0 Å². The van der Waals surface area contributed by atoms with E-state index in [4.69, 9.17) is 26.5 Å². The summed E-state index contributed by atoms with van der Waals surface area (Å²) in [5, 5.41) is 14.9. The van der Waals surface area contributed by atoms with Crippen LogP contribution in [0.15, 0.2) is 63.5 Å². The van der Waals surface area contributed by atoms with Gasteiger partial charge in [0, 0.05) is 16.8 Å². The molecule has 0 spiro atoms. The largest absolute Gasteiger partial charge is 0.493 e. The molecule has 150 valence electrons. The van der Waals surface area contributed by atoms with Gasteiger partial charge in [0.05, 0.1) is 11.1 Å². The van der Waals surface area contributed by atoms with Crippen LogP contribution in [0.1, 0.15) is 23.0 Å². The molecule has 0 atom stereocenters. The molecule has 1 amide bonds. The first-order valence-electron chi connectivity index (χ1n) is 8.85. The van der Waals surface area contributed by atoms with Crippen LogP contribution in [0.4, 0.5) is 5.69 Å². The summed E-state index contributed by atoms with van der Waals surface area (Å²) in [7, 11) is 0. The second-order valence-corrected chi connectivity index (χ2v) is 7.25. The Bertz CT molecular complexity index is 1020.